The molecule has 1 aliphatic heterocycles. The number of pyridine rings is 1. The maximum atomic E-state index is 12.7. The van der Waals surface area contributed by atoms with Gasteiger partial charge in [-0.1, -0.05) is 19.3 Å². The van der Waals surface area contributed by atoms with Crippen LogP contribution in [0.1, 0.15) is 74.8 Å². The highest BCUT2D eigenvalue weighted by Crippen LogP contribution is 2.27. The van der Waals surface area contributed by atoms with Gasteiger partial charge in [0.1, 0.15) is 5.56 Å². The Morgan fingerprint density at radius 1 is 1.19 bits per heavy atom. The minimum Gasteiger partial charge on any atom is -0.388 e. The minimum atomic E-state index is -0.867. The van der Waals surface area contributed by atoms with E-state index in [-0.39, 0.29) is 23.9 Å². The average Bonchev–Trinajstić information content (AvgIpc) is 2.79. The number of hydrogen-bond acceptors (Lipinski definition) is 5. The summed E-state index contributed by atoms with van der Waals surface area (Å²) < 4.78 is 0. The van der Waals surface area contributed by atoms with E-state index in [0.29, 0.717) is 25.9 Å². The SMILES string of the molecule is CCN(CC)C(=O)[C@H]1CCCN(Cc2ccc(C(=O)NCC3(O)CCCCC3)c(=O)[nH]2)C1. The predicted molar refractivity (Wildman–Crippen MR) is 123 cm³/mol. The summed E-state index contributed by atoms with van der Waals surface area (Å²) >= 11 is 0. The first-order valence-corrected chi connectivity index (χ1v) is 12.1. The number of aromatic amines is 1. The van der Waals surface area contributed by atoms with E-state index in [9.17, 15) is 19.5 Å². The fourth-order valence-corrected chi connectivity index (χ4v) is 4.95. The first-order chi connectivity index (χ1) is 15.3. The van der Waals surface area contributed by atoms with E-state index in [2.05, 4.69) is 15.2 Å². The van der Waals surface area contributed by atoms with Gasteiger partial charge >= 0.3 is 0 Å². The number of nitrogens with zero attached hydrogens (tertiary/aromatic N) is 2. The number of aromatic nitrogens is 1. The number of rotatable bonds is 8. The lowest BCUT2D eigenvalue weighted by molar-refractivity contribution is -0.137. The molecule has 1 saturated carbocycles. The summed E-state index contributed by atoms with van der Waals surface area (Å²) in [4.78, 5) is 44.6. The van der Waals surface area contributed by atoms with Crippen LogP contribution in [0.5, 0.6) is 0 Å². The molecule has 1 saturated heterocycles. The molecule has 2 heterocycles. The van der Waals surface area contributed by atoms with Gasteiger partial charge in [-0.05, 0) is 58.2 Å². The van der Waals surface area contributed by atoms with Crippen LogP contribution in [0.2, 0.25) is 0 Å². The number of nitrogens with one attached hydrogen (secondary N) is 2. The van der Waals surface area contributed by atoms with Crippen molar-refractivity contribution >= 4 is 11.8 Å². The molecule has 0 bridgehead atoms. The summed E-state index contributed by atoms with van der Waals surface area (Å²) in [6, 6.07) is 3.32. The Labute approximate surface area is 190 Å². The molecule has 0 spiro atoms. The van der Waals surface area contributed by atoms with Crippen LogP contribution in [0.3, 0.4) is 0 Å². The van der Waals surface area contributed by atoms with Gasteiger partial charge in [0.2, 0.25) is 5.91 Å². The van der Waals surface area contributed by atoms with Gasteiger partial charge in [-0.3, -0.25) is 19.3 Å². The van der Waals surface area contributed by atoms with E-state index in [1.54, 1.807) is 12.1 Å². The van der Waals surface area contributed by atoms with Crippen molar-refractivity contribution < 1.29 is 14.7 Å². The zero-order chi connectivity index (χ0) is 23.1. The van der Waals surface area contributed by atoms with Crippen LogP contribution in [0.4, 0.5) is 0 Å². The van der Waals surface area contributed by atoms with Crippen LogP contribution in [-0.2, 0) is 11.3 Å². The average molecular weight is 447 g/mol. The normalized spacial score (nSPS) is 21.2. The molecule has 0 unspecified atom stereocenters. The lowest BCUT2D eigenvalue weighted by Crippen LogP contribution is -2.45. The zero-order valence-corrected chi connectivity index (χ0v) is 19.5. The predicted octanol–water partition coefficient (Wildman–Crippen LogP) is 1.88. The van der Waals surface area contributed by atoms with Crippen molar-refractivity contribution in [2.24, 2.45) is 5.92 Å². The summed E-state index contributed by atoms with van der Waals surface area (Å²) in [5.74, 6) is -0.259. The van der Waals surface area contributed by atoms with Crippen LogP contribution in [-0.4, -0.2) is 70.0 Å². The van der Waals surface area contributed by atoms with Gasteiger partial charge in [0, 0.05) is 38.4 Å². The molecular weight excluding hydrogens is 408 g/mol. The van der Waals surface area contributed by atoms with E-state index in [0.717, 1.165) is 57.4 Å². The number of carbonyl (C=O) groups excluding carboxylic acids is 2. The molecule has 0 radical (unpaired) electrons. The fraction of sp³-hybridized carbons (Fsp3) is 0.708. The van der Waals surface area contributed by atoms with Gasteiger partial charge in [-0.2, -0.15) is 0 Å². The first-order valence-electron chi connectivity index (χ1n) is 12.1. The van der Waals surface area contributed by atoms with Gasteiger partial charge in [0.15, 0.2) is 0 Å². The van der Waals surface area contributed by atoms with Crippen LogP contribution in [0.15, 0.2) is 16.9 Å². The zero-order valence-electron chi connectivity index (χ0n) is 19.5. The molecule has 8 heteroatoms. The molecule has 32 heavy (non-hydrogen) atoms. The third kappa shape index (κ3) is 6.19. The van der Waals surface area contributed by atoms with E-state index < -0.39 is 17.1 Å². The van der Waals surface area contributed by atoms with Gasteiger partial charge in [0.05, 0.1) is 11.5 Å². The molecule has 178 valence electrons. The molecule has 2 fully saturated rings. The number of piperidine rings is 1. The lowest BCUT2D eigenvalue weighted by Gasteiger charge is -2.34. The molecular formula is C24H38N4O4. The van der Waals surface area contributed by atoms with Crippen LogP contribution < -0.4 is 10.9 Å². The second kappa shape index (κ2) is 11.1. The Kier molecular flexibility index (Phi) is 8.48. The van der Waals surface area contributed by atoms with Crippen molar-refractivity contribution in [1.29, 1.82) is 0 Å². The van der Waals surface area contributed by atoms with E-state index in [1.807, 2.05) is 18.7 Å². The summed E-state index contributed by atoms with van der Waals surface area (Å²) in [5.41, 5.74) is -0.508. The molecule has 2 aliphatic rings. The molecule has 3 rings (SSSR count). The maximum Gasteiger partial charge on any atom is 0.261 e. The molecule has 0 aromatic carbocycles. The smallest absolute Gasteiger partial charge is 0.261 e. The molecule has 1 aromatic rings. The van der Waals surface area contributed by atoms with E-state index in [1.165, 1.54) is 0 Å². The van der Waals surface area contributed by atoms with E-state index in [4.69, 9.17) is 0 Å². The number of aliphatic hydroxyl groups is 1. The highest BCUT2D eigenvalue weighted by molar-refractivity contribution is 5.93. The van der Waals surface area contributed by atoms with Crippen molar-refractivity contribution in [3.63, 3.8) is 0 Å². The molecule has 3 N–H and O–H groups in total. The lowest BCUT2D eigenvalue weighted by atomic mass is 9.85. The molecule has 1 atom stereocenters. The fourth-order valence-electron chi connectivity index (χ4n) is 4.95. The third-order valence-corrected chi connectivity index (χ3v) is 6.90. The number of amides is 2. The minimum absolute atomic E-state index is 0.00832. The highest BCUT2D eigenvalue weighted by atomic mass is 16.3. The standard InChI is InChI=1S/C24H38N4O4/c1-3-28(4-2)23(31)18-9-8-14-27(15-18)16-19-10-11-20(22(30)26-19)21(29)25-17-24(32)12-6-5-7-13-24/h10-11,18,32H,3-9,12-17H2,1-2H3,(H,25,29)(H,26,30)/t18-/m0/s1. The first kappa shape index (κ1) is 24.5. The second-order valence-electron chi connectivity index (χ2n) is 9.28. The van der Waals surface area contributed by atoms with Crippen molar-refractivity contribution in [2.45, 2.75) is 70.9 Å². The Morgan fingerprint density at radius 3 is 2.56 bits per heavy atom. The van der Waals surface area contributed by atoms with Gasteiger partial charge in [-0.25, -0.2) is 0 Å². The van der Waals surface area contributed by atoms with Crippen LogP contribution >= 0.6 is 0 Å². The molecule has 8 nitrogen and oxygen atoms in total. The summed E-state index contributed by atoms with van der Waals surface area (Å²) in [6.07, 6.45) is 6.23. The molecule has 1 aromatic heterocycles. The Morgan fingerprint density at radius 2 is 1.91 bits per heavy atom. The third-order valence-electron chi connectivity index (χ3n) is 6.90. The number of carbonyl (C=O) groups is 2. The highest BCUT2D eigenvalue weighted by Gasteiger charge is 2.30. The Bertz CT molecular complexity index is 843. The van der Waals surface area contributed by atoms with E-state index >= 15 is 0 Å². The van der Waals surface area contributed by atoms with Gasteiger partial charge in [-0.15, -0.1) is 0 Å². The Hall–Kier alpha value is -2.19. The van der Waals surface area contributed by atoms with Gasteiger partial charge in [0.25, 0.3) is 11.5 Å². The number of H-pyrrole nitrogens is 1. The monoisotopic (exact) mass is 446 g/mol. The summed E-state index contributed by atoms with van der Waals surface area (Å²) in [5, 5.41) is 13.3. The molecule has 2 amide bonds. The number of hydrogen-bond donors (Lipinski definition) is 3. The van der Waals surface area contributed by atoms with Crippen LogP contribution in [0.25, 0.3) is 0 Å². The largest absolute Gasteiger partial charge is 0.388 e. The topological polar surface area (TPSA) is 106 Å². The van der Waals surface area contributed by atoms with Crippen molar-refractivity contribution in [1.82, 2.24) is 20.1 Å². The molecule has 1 aliphatic carbocycles. The van der Waals surface area contributed by atoms with Crippen LogP contribution in [0, 0.1) is 5.92 Å². The quantitative estimate of drug-likeness (QED) is 0.565. The van der Waals surface area contributed by atoms with Crippen molar-refractivity contribution in [3.8, 4) is 0 Å². The van der Waals surface area contributed by atoms with Crippen molar-refractivity contribution in [3.05, 3.63) is 33.7 Å². The van der Waals surface area contributed by atoms with Gasteiger partial charge < -0.3 is 20.3 Å². The summed E-state index contributed by atoms with van der Waals surface area (Å²) in [7, 11) is 0. The summed E-state index contributed by atoms with van der Waals surface area (Å²) in [6.45, 7) is 7.71. The Balaban J connectivity index is 1.57. The second-order valence-corrected chi connectivity index (χ2v) is 9.28. The van der Waals surface area contributed by atoms with Crippen molar-refractivity contribution in [2.75, 3.05) is 32.7 Å². The number of likely N-dealkylation sites (tertiary alicyclic amines) is 1. The maximum absolute atomic E-state index is 12.7.